The summed E-state index contributed by atoms with van der Waals surface area (Å²) in [7, 11) is 1.56. The normalized spacial score (nSPS) is 18.2. The van der Waals surface area contributed by atoms with Gasteiger partial charge in [-0.15, -0.1) is 0 Å². The maximum absolute atomic E-state index is 12.3. The van der Waals surface area contributed by atoms with Crippen molar-refractivity contribution < 1.29 is 4.79 Å². The Morgan fingerprint density at radius 3 is 2.04 bits per heavy atom. The first-order chi connectivity index (χ1) is 12.4. The van der Waals surface area contributed by atoms with E-state index < -0.39 is 0 Å². The molecule has 2 heterocycles. The topological polar surface area (TPSA) is 62.9 Å². The van der Waals surface area contributed by atoms with Crippen molar-refractivity contribution in [3.05, 3.63) is 47.8 Å². The van der Waals surface area contributed by atoms with E-state index in [1.54, 1.807) is 13.1 Å². The molecule has 2 aliphatic heterocycles. The molecule has 0 N–H and O–H groups in total. The highest BCUT2D eigenvalue weighted by Crippen LogP contribution is 2.43. The predicted octanol–water partition coefficient (Wildman–Crippen LogP) is 3.25. The van der Waals surface area contributed by atoms with E-state index in [-0.39, 0.29) is 23.7 Å². The molecular formula is C20H23N5O. The van der Waals surface area contributed by atoms with Gasteiger partial charge in [0.25, 0.3) is 5.91 Å². The number of hydrogen-bond acceptors (Lipinski definition) is 5. The third-order valence-electron chi connectivity index (χ3n) is 4.46. The van der Waals surface area contributed by atoms with Crippen LogP contribution in [0.2, 0.25) is 0 Å². The summed E-state index contributed by atoms with van der Waals surface area (Å²) in [5.41, 5.74) is 2.76. The number of amides is 1. The van der Waals surface area contributed by atoms with Gasteiger partial charge in [0.1, 0.15) is 11.9 Å². The molecule has 0 atom stereocenters. The number of carbonyl (C=O) groups excluding carboxylic acids is 1. The van der Waals surface area contributed by atoms with Crippen molar-refractivity contribution in [2.24, 2.45) is 5.10 Å². The molecule has 1 amide bonds. The lowest BCUT2D eigenvalue weighted by Crippen LogP contribution is -2.36. The van der Waals surface area contributed by atoms with Crippen LogP contribution in [0.3, 0.4) is 0 Å². The van der Waals surface area contributed by atoms with Crippen LogP contribution in [0.1, 0.15) is 27.7 Å². The standard InChI is InChI=1S/C20H23N5O/c1-13(2)24-17-8-6-7-9-18(17)25(14(3)4)19(24)11-10-15-16(12-21)22-23(5)20(15)26/h6-11,13-14H,1-5H3/b15-10+. The number of allylic oxidation sites excluding steroid dienone is 2. The molecule has 0 bridgehead atoms. The van der Waals surface area contributed by atoms with Crippen molar-refractivity contribution in [1.82, 2.24) is 5.01 Å². The second-order valence-electron chi connectivity index (χ2n) is 6.91. The number of carbonyl (C=O) groups is 1. The van der Waals surface area contributed by atoms with Crippen molar-refractivity contribution in [2.45, 2.75) is 39.8 Å². The van der Waals surface area contributed by atoms with Crippen LogP contribution in [0.4, 0.5) is 11.4 Å². The Kier molecular flexibility index (Phi) is 4.56. The van der Waals surface area contributed by atoms with E-state index in [2.05, 4.69) is 54.7 Å². The summed E-state index contributed by atoms with van der Waals surface area (Å²) in [6.45, 7) is 8.55. The molecule has 0 spiro atoms. The number of rotatable bonds is 3. The molecule has 1 aromatic carbocycles. The summed E-state index contributed by atoms with van der Waals surface area (Å²) in [5, 5.41) is 14.4. The van der Waals surface area contributed by atoms with Crippen LogP contribution in [0, 0.1) is 11.3 Å². The van der Waals surface area contributed by atoms with E-state index in [1.807, 2.05) is 24.3 Å². The minimum Gasteiger partial charge on any atom is -0.323 e. The summed E-state index contributed by atoms with van der Waals surface area (Å²) in [6.07, 6.45) is 3.62. The maximum Gasteiger partial charge on any atom is 0.276 e. The Bertz CT molecular complexity index is 835. The van der Waals surface area contributed by atoms with Gasteiger partial charge in [0.05, 0.1) is 16.9 Å². The van der Waals surface area contributed by atoms with Gasteiger partial charge in [-0.25, -0.2) is 5.01 Å². The van der Waals surface area contributed by atoms with Crippen LogP contribution >= 0.6 is 0 Å². The van der Waals surface area contributed by atoms with Crippen LogP contribution in [0.5, 0.6) is 0 Å². The summed E-state index contributed by atoms with van der Waals surface area (Å²) >= 11 is 0. The molecular weight excluding hydrogens is 326 g/mol. The maximum atomic E-state index is 12.3. The Hall–Kier alpha value is -3.07. The van der Waals surface area contributed by atoms with Crippen molar-refractivity contribution in [3.63, 3.8) is 0 Å². The number of fused-ring (bicyclic) bond motifs is 1. The fourth-order valence-corrected chi connectivity index (χ4v) is 3.40. The van der Waals surface area contributed by atoms with Crippen LogP contribution in [0.25, 0.3) is 0 Å². The zero-order chi connectivity index (χ0) is 19.0. The molecule has 0 saturated heterocycles. The average Bonchev–Trinajstić information content (AvgIpc) is 3.07. The minimum absolute atomic E-state index is 0.150. The van der Waals surface area contributed by atoms with Gasteiger partial charge in [-0.1, -0.05) is 12.1 Å². The van der Waals surface area contributed by atoms with E-state index >= 15 is 0 Å². The number of hydrogen-bond donors (Lipinski definition) is 0. The van der Waals surface area contributed by atoms with E-state index in [0.29, 0.717) is 5.57 Å². The number of benzene rings is 1. The van der Waals surface area contributed by atoms with Gasteiger partial charge in [0.15, 0.2) is 5.71 Å². The quantitative estimate of drug-likeness (QED) is 0.786. The molecule has 0 aliphatic carbocycles. The molecule has 0 aromatic heterocycles. The summed E-state index contributed by atoms with van der Waals surface area (Å²) in [6, 6.07) is 10.8. The molecule has 2 aliphatic rings. The molecule has 0 radical (unpaired) electrons. The Morgan fingerprint density at radius 2 is 1.58 bits per heavy atom. The third-order valence-corrected chi connectivity index (χ3v) is 4.46. The van der Waals surface area contributed by atoms with Gasteiger partial charge in [-0.3, -0.25) is 4.79 Å². The molecule has 134 valence electrons. The van der Waals surface area contributed by atoms with Gasteiger partial charge in [0.2, 0.25) is 0 Å². The summed E-state index contributed by atoms with van der Waals surface area (Å²) in [5.74, 6) is 0.726. The first-order valence-electron chi connectivity index (χ1n) is 8.73. The Labute approximate surface area is 154 Å². The smallest absolute Gasteiger partial charge is 0.276 e. The van der Waals surface area contributed by atoms with Gasteiger partial charge >= 0.3 is 0 Å². The zero-order valence-corrected chi connectivity index (χ0v) is 15.8. The molecule has 0 saturated carbocycles. The van der Waals surface area contributed by atoms with E-state index in [0.717, 1.165) is 17.2 Å². The second kappa shape index (κ2) is 6.68. The molecule has 1 aromatic rings. The highest BCUT2D eigenvalue weighted by molar-refractivity contribution is 6.30. The highest BCUT2D eigenvalue weighted by atomic mass is 16.2. The van der Waals surface area contributed by atoms with E-state index in [9.17, 15) is 10.1 Å². The first-order valence-corrected chi connectivity index (χ1v) is 8.73. The first kappa shape index (κ1) is 17.7. The number of hydrazone groups is 1. The van der Waals surface area contributed by atoms with E-state index in [1.165, 1.54) is 5.01 Å². The van der Waals surface area contributed by atoms with Gasteiger partial charge < -0.3 is 9.80 Å². The van der Waals surface area contributed by atoms with Crippen LogP contribution < -0.4 is 9.80 Å². The molecule has 26 heavy (non-hydrogen) atoms. The van der Waals surface area contributed by atoms with E-state index in [4.69, 9.17) is 0 Å². The number of nitriles is 1. The molecule has 0 fully saturated rings. The minimum atomic E-state index is -0.263. The van der Waals surface area contributed by atoms with Crippen molar-refractivity contribution in [3.8, 4) is 6.07 Å². The van der Waals surface area contributed by atoms with Gasteiger partial charge in [-0.2, -0.15) is 10.4 Å². The number of likely N-dealkylation sites (N-methyl/N-ethyl adjacent to an activating group) is 1. The average molecular weight is 349 g/mol. The number of anilines is 2. The molecule has 6 heteroatoms. The predicted molar refractivity (Wildman–Crippen MR) is 104 cm³/mol. The fraction of sp³-hybridized carbons (Fsp3) is 0.350. The summed E-state index contributed by atoms with van der Waals surface area (Å²) < 4.78 is 0. The lowest BCUT2D eigenvalue weighted by Gasteiger charge is -2.30. The van der Waals surface area contributed by atoms with Crippen LogP contribution in [-0.4, -0.2) is 35.8 Å². The van der Waals surface area contributed by atoms with Crippen LogP contribution in [-0.2, 0) is 4.79 Å². The van der Waals surface area contributed by atoms with Crippen molar-refractivity contribution >= 4 is 23.0 Å². The SMILES string of the molecule is CC(C)N1C(=C/C=C2/C(=O)N(C)N=C2C#N)N(C(C)C)c2ccccc21. The molecule has 0 unspecified atom stereocenters. The van der Waals surface area contributed by atoms with Crippen molar-refractivity contribution in [2.75, 3.05) is 16.8 Å². The number of para-hydroxylation sites is 2. The lowest BCUT2D eigenvalue weighted by atomic mass is 10.1. The zero-order valence-electron chi connectivity index (χ0n) is 15.8. The largest absolute Gasteiger partial charge is 0.323 e. The van der Waals surface area contributed by atoms with Gasteiger partial charge in [-0.05, 0) is 52.0 Å². The fourth-order valence-electron chi connectivity index (χ4n) is 3.40. The Balaban J connectivity index is 2.12. The molecule has 6 nitrogen and oxygen atoms in total. The monoisotopic (exact) mass is 349 g/mol. The molecule has 3 rings (SSSR count). The second-order valence-corrected chi connectivity index (χ2v) is 6.91. The Morgan fingerprint density at radius 1 is 1.04 bits per heavy atom. The van der Waals surface area contributed by atoms with Crippen LogP contribution in [0.15, 0.2) is 52.9 Å². The third kappa shape index (κ3) is 2.76. The van der Waals surface area contributed by atoms with Gasteiger partial charge in [0, 0.05) is 19.1 Å². The highest BCUT2D eigenvalue weighted by Gasteiger charge is 2.34. The summed E-state index contributed by atoms with van der Waals surface area (Å²) in [4.78, 5) is 16.8. The number of nitrogens with zero attached hydrogens (tertiary/aromatic N) is 5. The van der Waals surface area contributed by atoms with Crippen molar-refractivity contribution in [1.29, 1.82) is 5.26 Å². The lowest BCUT2D eigenvalue weighted by molar-refractivity contribution is -0.124.